The van der Waals surface area contributed by atoms with Crippen LogP contribution in [0.3, 0.4) is 0 Å². The van der Waals surface area contributed by atoms with Crippen molar-refractivity contribution < 1.29 is 9.63 Å². The molecule has 0 saturated heterocycles. The molecule has 0 bridgehead atoms. The number of hydrogen-bond donors (Lipinski definition) is 1. The van der Waals surface area contributed by atoms with Crippen LogP contribution >= 0.6 is 34.7 Å². The number of halogens is 1. The fourth-order valence-corrected chi connectivity index (χ4v) is 3.98. The first-order chi connectivity index (χ1) is 13.1. The largest absolute Gasteiger partial charge is 0.406 e. The van der Waals surface area contributed by atoms with E-state index in [1.165, 1.54) is 35.4 Å². The third kappa shape index (κ3) is 5.09. The Morgan fingerprint density at radius 1 is 1.33 bits per heavy atom. The summed E-state index contributed by atoms with van der Waals surface area (Å²) in [4.78, 5) is 30.4. The van der Waals surface area contributed by atoms with Gasteiger partial charge in [0.1, 0.15) is 12.2 Å². The number of carbonyl (C=O) groups excluding carboxylic acids is 1. The molecule has 0 atom stereocenters. The number of anilines is 1. The summed E-state index contributed by atoms with van der Waals surface area (Å²) >= 11 is 8.72. The van der Waals surface area contributed by atoms with Gasteiger partial charge in [0.2, 0.25) is 5.13 Å². The molecule has 27 heavy (non-hydrogen) atoms. The number of hydrogen-bond acceptors (Lipinski definition) is 7. The number of nitrogens with one attached hydrogen (secondary N) is 1. The van der Waals surface area contributed by atoms with Crippen LogP contribution in [0.4, 0.5) is 5.13 Å². The van der Waals surface area contributed by atoms with Crippen LogP contribution in [0.25, 0.3) is 0 Å². The summed E-state index contributed by atoms with van der Waals surface area (Å²) in [5.74, 6) is 0.292. The van der Waals surface area contributed by atoms with Crippen LogP contribution in [0.5, 0.6) is 0 Å². The number of benzene rings is 1. The van der Waals surface area contributed by atoms with Gasteiger partial charge in [0.25, 0.3) is 11.5 Å². The highest BCUT2D eigenvalue weighted by molar-refractivity contribution is 8.01. The molecule has 2 aromatic heterocycles. The van der Waals surface area contributed by atoms with Crippen molar-refractivity contribution in [2.75, 3.05) is 11.1 Å². The van der Waals surface area contributed by atoms with Gasteiger partial charge in [-0.3, -0.25) is 14.9 Å². The normalized spacial score (nSPS) is 10.6. The van der Waals surface area contributed by atoms with E-state index in [0.717, 1.165) is 20.4 Å². The molecule has 0 aliphatic rings. The Labute approximate surface area is 168 Å². The zero-order chi connectivity index (χ0) is 19.2. The topological polar surface area (TPSA) is 86.1 Å². The lowest BCUT2D eigenvalue weighted by atomic mass is 10.2. The highest BCUT2D eigenvalue weighted by Gasteiger charge is 2.15. The highest BCUT2D eigenvalue weighted by atomic mass is 35.5. The second-order valence-electron chi connectivity index (χ2n) is 5.22. The molecule has 0 aliphatic carbocycles. The molecule has 0 aliphatic heterocycles. The molecule has 0 fully saturated rings. The van der Waals surface area contributed by atoms with Crippen LogP contribution in [0.15, 0.2) is 51.7 Å². The maximum Gasteiger partial charge on any atom is 0.295 e. The van der Waals surface area contributed by atoms with E-state index in [-0.39, 0.29) is 12.2 Å². The van der Waals surface area contributed by atoms with E-state index in [4.69, 9.17) is 16.4 Å². The number of thioether (sulfide) groups is 1. The summed E-state index contributed by atoms with van der Waals surface area (Å²) < 4.78 is 1.78. The van der Waals surface area contributed by atoms with E-state index in [9.17, 15) is 9.59 Å². The first kappa shape index (κ1) is 19.4. The van der Waals surface area contributed by atoms with Gasteiger partial charge in [-0.05, 0) is 35.6 Å². The third-order valence-corrected chi connectivity index (χ3v) is 5.40. The van der Waals surface area contributed by atoms with Gasteiger partial charge in [-0.1, -0.05) is 53.8 Å². The lowest BCUT2D eigenvalue weighted by molar-refractivity contribution is 0.0863. The van der Waals surface area contributed by atoms with Gasteiger partial charge in [0, 0.05) is 11.2 Å². The number of pyridine rings is 1. The van der Waals surface area contributed by atoms with Gasteiger partial charge >= 0.3 is 0 Å². The SMILES string of the molecule is CCSc1nnc(NC(=O)c2cccn(OCc3cccc(Cl)c3)c2=O)s1. The zero-order valence-electron chi connectivity index (χ0n) is 14.2. The van der Waals surface area contributed by atoms with Crippen LogP contribution in [0.2, 0.25) is 5.02 Å². The van der Waals surface area contributed by atoms with Crippen molar-refractivity contribution in [3.05, 3.63) is 69.1 Å². The average molecular weight is 423 g/mol. The van der Waals surface area contributed by atoms with Crippen LogP contribution in [-0.4, -0.2) is 26.6 Å². The molecule has 0 saturated carbocycles. The minimum Gasteiger partial charge on any atom is -0.406 e. The van der Waals surface area contributed by atoms with Gasteiger partial charge in [-0.15, -0.1) is 10.2 Å². The second kappa shape index (κ2) is 9.03. The van der Waals surface area contributed by atoms with Crippen molar-refractivity contribution >= 4 is 45.7 Å². The Balaban J connectivity index is 1.71. The van der Waals surface area contributed by atoms with Gasteiger partial charge in [0.05, 0.1) is 0 Å². The predicted octanol–water partition coefficient (Wildman–Crippen LogP) is 3.35. The summed E-state index contributed by atoms with van der Waals surface area (Å²) in [7, 11) is 0. The molecule has 0 radical (unpaired) electrons. The molecule has 1 N–H and O–H groups in total. The van der Waals surface area contributed by atoms with Crippen LogP contribution in [-0.2, 0) is 6.61 Å². The van der Waals surface area contributed by atoms with Gasteiger partial charge in [-0.25, -0.2) is 0 Å². The van der Waals surface area contributed by atoms with Gasteiger partial charge < -0.3 is 4.84 Å². The molecule has 0 spiro atoms. The predicted molar refractivity (Wildman–Crippen MR) is 107 cm³/mol. The third-order valence-electron chi connectivity index (χ3n) is 3.31. The van der Waals surface area contributed by atoms with Crippen LogP contribution < -0.4 is 15.7 Å². The standard InChI is InChI=1S/C17H15ClN4O3S2/c1-2-26-17-21-20-16(27-17)19-14(23)13-7-4-8-22(15(13)24)25-10-11-5-3-6-12(18)9-11/h3-9H,2,10H2,1H3,(H,19,20,23). The number of amides is 1. The Morgan fingerprint density at radius 2 is 2.19 bits per heavy atom. The van der Waals surface area contributed by atoms with Crippen molar-refractivity contribution in [1.29, 1.82) is 0 Å². The molecule has 1 amide bonds. The lowest BCUT2D eigenvalue weighted by Crippen LogP contribution is -2.32. The molecular formula is C17H15ClN4O3S2. The Hall–Kier alpha value is -2.36. The van der Waals surface area contributed by atoms with Crippen LogP contribution in [0.1, 0.15) is 22.8 Å². The fourth-order valence-electron chi connectivity index (χ4n) is 2.13. The molecular weight excluding hydrogens is 408 g/mol. The van der Waals surface area contributed by atoms with Gasteiger partial charge in [-0.2, -0.15) is 4.73 Å². The molecule has 3 rings (SSSR count). The van der Waals surface area contributed by atoms with Crippen molar-refractivity contribution in [3.8, 4) is 0 Å². The number of nitrogens with zero attached hydrogens (tertiary/aromatic N) is 3. The Bertz CT molecular complexity index is 1010. The van der Waals surface area contributed by atoms with E-state index in [0.29, 0.717) is 10.2 Å². The molecule has 7 nitrogen and oxygen atoms in total. The molecule has 140 valence electrons. The van der Waals surface area contributed by atoms with Crippen molar-refractivity contribution in [3.63, 3.8) is 0 Å². The molecule has 2 heterocycles. The van der Waals surface area contributed by atoms with Crippen molar-refractivity contribution in [1.82, 2.24) is 14.9 Å². The zero-order valence-corrected chi connectivity index (χ0v) is 16.6. The lowest BCUT2D eigenvalue weighted by Gasteiger charge is -2.09. The maximum absolute atomic E-state index is 12.5. The van der Waals surface area contributed by atoms with E-state index in [2.05, 4.69) is 15.5 Å². The molecule has 0 unspecified atom stereocenters. The van der Waals surface area contributed by atoms with E-state index < -0.39 is 11.5 Å². The summed E-state index contributed by atoms with van der Waals surface area (Å²) in [6.45, 7) is 2.14. The van der Waals surface area contributed by atoms with Crippen molar-refractivity contribution in [2.45, 2.75) is 17.9 Å². The Kier molecular flexibility index (Phi) is 6.49. The van der Waals surface area contributed by atoms with E-state index in [1.54, 1.807) is 24.3 Å². The number of carbonyl (C=O) groups is 1. The summed E-state index contributed by atoms with van der Waals surface area (Å²) in [5, 5.41) is 11.4. The smallest absolute Gasteiger partial charge is 0.295 e. The van der Waals surface area contributed by atoms with Gasteiger partial charge in [0.15, 0.2) is 4.34 Å². The molecule has 1 aromatic carbocycles. The average Bonchev–Trinajstić information content (AvgIpc) is 3.08. The number of aromatic nitrogens is 3. The molecule has 10 heteroatoms. The second-order valence-corrected chi connectivity index (χ2v) is 8.14. The van der Waals surface area contributed by atoms with E-state index >= 15 is 0 Å². The summed E-state index contributed by atoms with van der Waals surface area (Å²) in [5.41, 5.74) is 0.187. The fraction of sp³-hybridized carbons (Fsp3) is 0.176. The maximum atomic E-state index is 12.5. The monoisotopic (exact) mass is 422 g/mol. The minimum atomic E-state index is -0.565. The first-order valence-electron chi connectivity index (χ1n) is 7.94. The van der Waals surface area contributed by atoms with E-state index in [1.807, 2.05) is 13.0 Å². The Morgan fingerprint density at radius 3 is 2.96 bits per heavy atom. The van der Waals surface area contributed by atoms with Crippen molar-refractivity contribution in [2.24, 2.45) is 0 Å². The summed E-state index contributed by atoms with van der Waals surface area (Å²) in [6, 6.07) is 10.1. The number of rotatable bonds is 7. The highest BCUT2D eigenvalue weighted by Crippen LogP contribution is 2.25. The minimum absolute atomic E-state index is 0.0523. The molecule has 3 aromatic rings. The first-order valence-corrected chi connectivity index (χ1v) is 10.1. The summed E-state index contributed by atoms with van der Waals surface area (Å²) in [6.07, 6.45) is 1.45. The quantitative estimate of drug-likeness (QED) is 0.464. The van der Waals surface area contributed by atoms with Crippen LogP contribution in [0, 0.1) is 0 Å².